The topological polar surface area (TPSA) is 56.1 Å². The summed E-state index contributed by atoms with van der Waals surface area (Å²) < 4.78 is 7.85. The van der Waals surface area contributed by atoms with E-state index in [4.69, 9.17) is 17.8 Å². The number of nitrogens with zero attached hydrogens (tertiary/aromatic N) is 5. The molecule has 1 aliphatic heterocycles. The van der Waals surface area contributed by atoms with Crippen LogP contribution in [0, 0.1) is 0 Å². The number of para-hydroxylation sites is 1. The number of ether oxygens (including phenoxy) is 1. The Hall–Kier alpha value is -3.19. The van der Waals surface area contributed by atoms with Gasteiger partial charge in [-0.05, 0) is 55.8 Å². The Balaban J connectivity index is 1.45. The second kappa shape index (κ2) is 7.68. The van der Waals surface area contributed by atoms with Crippen molar-refractivity contribution in [2.45, 2.75) is 25.4 Å². The Morgan fingerprint density at radius 3 is 2.59 bits per heavy atom. The standard InChI is InChI=1S/C22H20BN5O/c23-27-12-4-5-17(27)14-28-22-20(13-24-15-25-22)21(26-28)16-8-10-19(11-9-16)29-18-6-2-1-3-7-18/h1-3,6-11,13,15,17H,4-5,12,14H2. The molecule has 1 atom stereocenters. The van der Waals surface area contributed by atoms with E-state index in [1.807, 2.05) is 70.3 Å². The number of benzene rings is 2. The Kier molecular flexibility index (Phi) is 4.73. The van der Waals surface area contributed by atoms with Gasteiger partial charge in [-0.2, -0.15) is 5.10 Å². The highest BCUT2D eigenvalue weighted by molar-refractivity contribution is 6.04. The summed E-state index contributed by atoms with van der Waals surface area (Å²) in [5, 5.41) is 5.80. The fraction of sp³-hybridized carbons (Fsp3) is 0.227. The fourth-order valence-corrected chi connectivity index (χ4v) is 3.82. The highest BCUT2D eigenvalue weighted by Gasteiger charge is 2.23. The zero-order chi connectivity index (χ0) is 19.6. The van der Waals surface area contributed by atoms with E-state index >= 15 is 0 Å². The first-order valence-electron chi connectivity index (χ1n) is 9.79. The molecule has 2 aromatic carbocycles. The van der Waals surface area contributed by atoms with E-state index in [2.05, 4.69) is 9.97 Å². The molecule has 0 saturated carbocycles. The largest absolute Gasteiger partial charge is 0.457 e. The summed E-state index contributed by atoms with van der Waals surface area (Å²) in [5.41, 5.74) is 2.70. The summed E-state index contributed by atoms with van der Waals surface area (Å²) in [4.78, 5) is 10.6. The first-order valence-corrected chi connectivity index (χ1v) is 9.79. The first-order chi connectivity index (χ1) is 14.3. The number of hydrogen-bond donors (Lipinski definition) is 0. The van der Waals surface area contributed by atoms with Crippen molar-refractivity contribution in [2.75, 3.05) is 6.54 Å². The average Bonchev–Trinajstić information content (AvgIpc) is 3.34. The van der Waals surface area contributed by atoms with Crippen LogP contribution in [0.2, 0.25) is 0 Å². The number of hydrogen-bond acceptors (Lipinski definition) is 5. The summed E-state index contributed by atoms with van der Waals surface area (Å²) in [6.07, 6.45) is 5.58. The lowest BCUT2D eigenvalue weighted by atomic mass is 10.1. The Morgan fingerprint density at radius 2 is 1.83 bits per heavy atom. The zero-order valence-corrected chi connectivity index (χ0v) is 16.0. The van der Waals surface area contributed by atoms with E-state index in [0.717, 1.165) is 59.7 Å². The van der Waals surface area contributed by atoms with Gasteiger partial charge in [0.1, 0.15) is 23.5 Å². The molecule has 142 valence electrons. The van der Waals surface area contributed by atoms with E-state index < -0.39 is 0 Å². The van der Waals surface area contributed by atoms with Crippen molar-refractivity contribution >= 4 is 19.0 Å². The molecule has 5 rings (SSSR count). The van der Waals surface area contributed by atoms with E-state index in [9.17, 15) is 0 Å². The number of rotatable bonds is 5. The molecule has 0 aliphatic carbocycles. The third-order valence-electron chi connectivity index (χ3n) is 5.32. The van der Waals surface area contributed by atoms with Gasteiger partial charge in [-0.3, -0.25) is 0 Å². The van der Waals surface area contributed by atoms with Gasteiger partial charge in [0.15, 0.2) is 13.6 Å². The summed E-state index contributed by atoms with van der Waals surface area (Å²) in [5.74, 6) is 1.59. The zero-order valence-electron chi connectivity index (χ0n) is 16.0. The van der Waals surface area contributed by atoms with Gasteiger partial charge >= 0.3 is 0 Å². The summed E-state index contributed by atoms with van der Waals surface area (Å²) in [6.45, 7) is 1.65. The fourth-order valence-electron chi connectivity index (χ4n) is 3.82. The molecule has 2 radical (unpaired) electrons. The van der Waals surface area contributed by atoms with Crippen LogP contribution in [-0.2, 0) is 6.54 Å². The molecule has 0 N–H and O–H groups in total. The Morgan fingerprint density at radius 1 is 1.03 bits per heavy atom. The minimum absolute atomic E-state index is 0.280. The van der Waals surface area contributed by atoms with E-state index in [1.165, 1.54) is 0 Å². The lowest BCUT2D eigenvalue weighted by molar-refractivity contribution is 0.363. The molecule has 0 amide bonds. The van der Waals surface area contributed by atoms with Crippen LogP contribution >= 0.6 is 0 Å². The molecule has 1 aliphatic rings. The molecule has 4 aromatic rings. The van der Waals surface area contributed by atoms with Crippen LogP contribution in [0.15, 0.2) is 67.1 Å². The summed E-state index contributed by atoms with van der Waals surface area (Å²) >= 11 is 0. The van der Waals surface area contributed by atoms with Gasteiger partial charge in [0.25, 0.3) is 0 Å². The first kappa shape index (κ1) is 17.9. The SMILES string of the molecule is [B]N1CCCC1Cn1nc(-c2ccc(Oc3ccccc3)cc2)c2cncnc21. The third-order valence-corrected chi connectivity index (χ3v) is 5.32. The molecule has 1 saturated heterocycles. The van der Waals surface area contributed by atoms with Gasteiger partial charge in [-0.1, -0.05) is 18.2 Å². The van der Waals surface area contributed by atoms with Crippen molar-refractivity contribution in [2.24, 2.45) is 0 Å². The molecule has 29 heavy (non-hydrogen) atoms. The smallest absolute Gasteiger partial charge is 0.182 e. The predicted octanol–water partition coefficient (Wildman–Crippen LogP) is 3.83. The van der Waals surface area contributed by atoms with Crippen molar-refractivity contribution in [3.63, 3.8) is 0 Å². The van der Waals surface area contributed by atoms with Crippen molar-refractivity contribution in [3.8, 4) is 22.8 Å². The maximum atomic E-state index is 6.11. The molecule has 0 spiro atoms. The summed E-state index contributed by atoms with van der Waals surface area (Å²) in [7, 11) is 6.11. The third kappa shape index (κ3) is 3.61. The second-order valence-corrected chi connectivity index (χ2v) is 7.26. The van der Waals surface area contributed by atoms with Crippen molar-refractivity contribution in [3.05, 3.63) is 67.1 Å². The van der Waals surface area contributed by atoms with Gasteiger partial charge < -0.3 is 9.55 Å². The molecular formula is C22H20BN5O. The lowest BCUT2D eigenvalue weighted by Crippen LogP contribution is -2.31. The highest BCUT2D eigenvalue weighted by atomic mass is 16.5. The quantitative estimate of drug-likeness (QED) is 0.492. The van der Waals surface area contributed by atoms with Crippen molar-refractivity contribution < 1.29 is 4.74 Å². The molecule has 1 unspecified atom stereocenters. The van der Waals surface area contributed by atoms with E-state index in [-0.39, 0.29) is 6.04 Å². The van der Waals surface area contributed by atoms with Crippen LogP contribution in [0.1, 0.15) is 12.8 Å². The predicted molar refractivity (Wildman–Crippen MR) is 113 cm³/mol. The second-order valence-electron chi connectivity index (χ2n) is 7.26. The molecule has 7 heteroatoms. The van der Waals surface area contributed by atoms with Gasteiger partial charge in [0.05, 0.1) is 11.9 Å². The Labute approximate surface area is 170 Å². The molecule has 1 fully saturated rings. The van der Waals surface area contributed by atoms with Gasteiger partial charge in [0, 0.05) is 17.8 Å². The molecular weight excluding hydrogens is 361 g/mol. The normalized spacial score (nSPS) is 17.0. The van der Waals surface area contributed by atoms with Gasteiger partial charge in [-0.25, -0.2) is 14.6 Å². The monoisotopic (exact) mass is 381 g/mol. The van der Waals surface area contributed by atoms with Crippen LogP contribution in [0.4, 0.5) is 0 Å². The number of fused-ring (bicyclic) bond motifs is 1. The average molecular weight is 381 g/mol. The lowest BCUT2D eigenvalue weighted by Gasteiger charge is -2.19. The Bertz CT molecular complexity index is 1110. The summed E-state index contributed by atoms with van der Waals surface area (Å²) in [6, 6.07) is 18.0. The number of aromatic nitrogens is 4. The minimum atomic E-state index is 0.280. The maximum Gasteiger partial charge on any atom is 0.182 e. The molecule has 3 heterocycles. The molecule has 0 bridgehead atoms. The molecule has 2 aromatic heterocycles. The van der Waals surface area contributed by atoms with Crippen LogP contribution < -0.4 is 4.74 Å². The van der Waals surface area contributed by atoms with E-state index in [1.54, 1.807) is 6.33 Å². The van der Waals surface area contributed by atoms with E-state index in [0.29, 0.717) is 0 Å². The van der Waals surface area contributed by atoms with Gasteiger partial charge in [-0.15, -0.1) is 0 Å². The minimum Gasteiger partial charge on any atom is -0.457 e. The van der Waals surface area contributed by atoms with Crippen LogP contribution in [-0.4, -0.2) is 45.1 Å². The maximum absolute atomic E-state index is 6.11. The van der Waals surface area contributed by atoms with Crippen molar-refractivity contribution in [1.29, 1.82) is 0 Å². The van der Waals surface area contributed by atoms with Crippen molar-refractivity contribution in [1.82, 2.24) is 24.6 Å². The molecule has 6 nitrogen and oxygen atoms in total. The van der Waals surface area contributed by atoms with Crippen LogP contribution in [0.5, 0.6) is 11.5 Å². The highest BCUT2D eigenvalue weighted by Crippen LogP contribution is 2.30. The van der Waals surface area contributed by atoms with Gasteiger partial charge in [0.2, 0.25) is 0 Å². The van der Waals surface area contributed by atoms with Crippen LogP contribution in [0.25, 0.3) is 22.3 Å². The van der Waals surface area contributed by atoms with Crippen LogP contribution in [0.3, 0.4) is 0 Å².